The molecule has 2 aromatic heterocycles. The third kappa shape index (κ3) is 3.51. The lowest BCUT2D eigenvalue weighted by atomic mass is 9.97. The van der Waals surface area contributed by atoms with E-state index in [1.54, 1.807) is 28.4 Å². The van der Waals surface area contributed by atoms with Crippen molar-refractivity contribution in [2.75, 3.05) is 6.54 Å². The Labute approximate surface area is 153 Å². The number of likely N-dealkylation sites (tertiary alicyclic amines) is 1. The number of nitrogens with zero attached hydrogens (tertiary/aromatic N) is 4. The van der Waals surface area contributed by atoms with Crippen LogP contribution in [-0.2, 0) is 33.0 Å². The fraction of sp³-hybridized carbons (Fsp3) is 0.550. The van der Waals surface area contributed by atoms with Gasteiger partial charge in [-0.1, -0.05) is 6.07 Å². The minimum atomic E-state index is 0.0107. The maximum atomic E-state index is 12.5. The Balaban J connectivity index is 1.51. The van der Waals surface area contributed by atoms with E-state index in [-0.39, 0.29) is 11.1 Å². The molecule has 1 aliphatic carbocycles. The molecule has 1 fully saturated rings. The summed E-state index contributed by atoms with van der Waals surface area (Å²) in [5.74, 6) is 0. The standard InChI is InChI=1S/C20H26N4O2/c1-22-12-15(8-9-19(22)25)13-23-10-4-6-17(23)14-24-20(26)11-16-5-2-3-7-18(16)21-24/h8-9,11-12,17H,2-7,10,13-14H2,1H3. The molecule has 0 saturated carbocycles. The number of hydrogen-bond donors (Lipinski definition) is 0. The summed E-state index contributed by atoms with van der Waals surface area (Å²) in [6.45, 7) is 2.48. The minimum absolute atomic E-state index is 0.0107. The first kappa shape index (κ1) is 17.2. The first-order chi connectivity index (χ1) is 12.6. The predicted molar refractivity (Wildman–Crippen MR) is 100 cm³/mol. The highest BCUT2D eigenvalue weighted by Crippen LogP contribution is 2.22. The van der Waals surface area contributed by atoms with Gasteiger partial charge in [-0.15, -0.1) is 0 Å². The second-order valence-electron chi connectivity index (χ2n) is 7.60. The maximum Gasteiger partial charge on any atom is 0.267 e. The van der Waals surface area contributed by atoms with Gasteiger partial charge < -0.3 is 4.57 Å². The largest absolute Gasteiger partial charge is 0.318 e. The average molecular weight is 354 g/mol. The van der Waals surface area contributed by atoms with Crippen LogP contribution in [0.4, 0.5) is 0 Å². The minimum Gasteiger partial charge on any atom is -0.318 e. The van der Waals surface area contributed by atoms with Crippen LogP contribution in [0.1, 0.15) is 42.5 Å². The summed E-state index contributed by atoms with van der Waals surface area (Å²) in [5.41, 5.74) is 3.42. The van der Waals surface area contributed by atoms with Crippen molar-refractivity contribution >= 4 is 0 Å². The van der Waals surface area contributed by atoms with E-state index in [4.69, 9.17) is 0 Å². The van der Waals surface area contributed by atoms with E-state index < -0.39 is 0 Å². The van der Waals surface area contributed by atoms with Crippen molar-refractivity contribution in [1.82, 2.24) is 19.2 Å². The Morgan fingerprint density at radius 3 is 2.81 bits per heavy atom. The van der Waals surface area contributed by atoms with E-state index in [2.05, 4.69) is 10.00 Å². The molecule has 1 atom stereocenters. The predicted octanol–water partition coefficient (Wildman–Crippen LogP) is 1.49. The Bertz CT molecular complexity index is 915. The van der Waals surface area contributed by atoms with E-state index in [0.717, 1.165) is 62.0 Å². The quantitative estimate of drug-likeness (QED) is 0.835. The van der Waals surface area contributed by atoms with Crippen molar-refractivity contribution in [3.05, 3.63) is 61.9 Å². The number of rotatable bonds is 4. The fourth-order valence-corrected chi connectivity index (χ4v) is 4.22. The van der Waals surface area contributed by atoms with Gasteiger partial charge in [-0.25, -0.2) is 4.68 Å². The monoisotopic (exact) mass is 354 g/mol. The molecular weight excluding hydrogens is 328 g/mol. The van der Waals surface area contributed by atoms with Gasteiger partial charge in [0.2, 0.25) is 5.56 Å². The molecule has 0 spiro atoms. The Hall–Kier alpha value is -2.21. The smallest absolute Gasteiger partial charge is 0.267 e. The van der Waals surface area contributed by atoms with Crippen LogP contribution < -0.4 is 11.1 Å². The highest BCUT2D eigenvalue weighted by molar-refractivity contribution is 5.20. The molecule has 0 N–H and O–H groups in total. The molecule has 6 heteroatoms. The average Bonchev–Trinajstić information content (AvgIpc) is 3.05. The molecule has 1 saturated heterocycles. The Kier molecular flexibility index (Phi) is 4.76. The first-order valence-electron chi connectivity index (χ1n) is 9.60. The SMILES string of the molecule is Cn1cc(CN2CCCC2Cn2nc3c(cc2=O)CCCC3)ccc1=O. The van der Waals surface area contributed by atoms with Gasteiger partial charge in [0.25, 0.3) is 5.56 Å². The van der Waals surface area contributed by atoms with Crippen LogP contribution in [0.2, 0.25) is 0 Å². The van der Waals surface area contributed by atoms with Crippen LogP contribution in [0.3, 0.4) is 0 Å². The fourth-order valence-electron chi connectivity index (χ4n) is 4.22. The molecule has 6 nitrogen and oxygen atoms in total. The van der Waals surface area contributed by atoms with Crippen LogP contribution in [0.15, 0.2) is 34.0 Å². The van der Waals surface area contributed by atoms with Crippen LogP contribution in [0, 0.1) is 0 Å². The molecule has 138 valence electrons. The third-order valence-corrected chi connectivity index (χ3v) is 5.69. The van der Waals surface area contributed by atoms with E-state index in [0.29, 0.717) is 12.6 Å². The van der Waals surface area contributed by atoms with Gasteiger partial charge in [0, 0.05) is 38.0 Å². The Morgan fingerprint density at radius 1 is 1.12 bits per heavy atom. The molecule has 0 bridgehead atoms. The Morgan fingerprint density at radius 2 is 1.96 bits per heavy atom. The zero-order valence-electron chi connectivity index (χ0n) is 15.4. The van der Waals surface area contributed by atoms with Crippen molar-refractivity contribution in [2.45, 2.75) is 57.7 Å². The highest BCUT2D eigenvalue weighted by atomic mass is 16.1. The third-order valence-electron chi connectivity index (χ3n) is 5.69. The summed E-state index contributed by atoms with van der Waals surface area (Å²) in [6, 6.07) is 5.64. The van der Waals surface area contributed by atoms with E-state index >= 15 is 0 Å². The summed E-state index contributed by atoms with van der Waals surface area (Å²) >= 11 is 0. The lowest BCUT2D eigenvalue weighted by Crippen LogP contribution is -2.37. The molecule has 26 heavy (non-hydrogen) atoms. The summed E-state index contributed by atoms with van der Waals surface area (Å²) in [7, 11) is 1.78. The lowest BCUT2D eigenvalue weighted by molar-refractivity contribution is 0.215. The van der Waals surface area contributed by atoms with Gasteiger partial charge in [0.15, 0.2) is 0 Å². The molecule has 0 radical (unpaired) electrons. The number of hydrogen-bond acceptors (Lipinski definition) is 4. The molecule has 4 rings (SSSR count). The van der Waals surface area contributed by atoms with Crippen molar-refractivity contribution in [1.29, 1.82) is 0 Å². The van der Waals surface area contributed by atoms with Gasteiger partial charge in [-0.05, 0) is 56.2 Å². The van der Waals surface area contributed by atoms with Gasteiger partial charge in [0.1, 0.15) is 0 Å². The molecule has 3 heterocycles. The van der Waals surface area contributed by atoms with Crippen molar-refractivity contribution in [2.24, 2.45) is 7.05 Å². The van der Waals surface area contributed by atoms with Gasteiger partial charge in [-0.2, -0.15) is 5.10 Å². The van der Waals surface area contributed by atoms with Crippen LogP contribution in [0.5, 0.6) is 0 Å². The summed E-state index contributed by atoms with van der Waals surface area (Å²) < 4.78 is 3.30. The zero-order chi connectivity index (χ0) is 18.1. The molecule has 1 unspecified atom stereocenters. The first-order valence-corrected chi connectivity index (χ1v) is 9.60. The van der Waals surface area contributed by atoms with Crippen molar-refractivity contribution in [3.63, 3.8) is 0 Å². The van der Waals surface area contributed by atoms with Crippen LogP contribution in [-0.4, -0.2) is 31.8 Å². The number of pyridine rings is 1. The second-order valence-corrected chi connectivity index (χ2v) is 7.60. The lowest BCUT2D eigenvalue weighted by Gasteiger charge is -2.25. The number of aromatic nitrogens is 3. The van der Waals surface area contributed by atoms with Crippen molar-refractivity contribution in [3.8, 4) is 0 Å². The summed E-state index contributed by atoms with van der Waals surface area (Å²) in [4.78, 5) is 26.5. The molecule has 1 aliphatic heterocycles. The number of aryl methyl sites for hydroxylation is 3. The van der Waals surface area contributed by atoms with E-state index in [1.165, 1.54) is 6.42 Å². The van der Waals surface area contributed by atoms with E-state index in [1.807, 2.05) is 12.3 Å². The van der Waals surface area contributed by atoms with Crippen LogP contribution >= 0.6 is 0 Å². The summed E-state index contributed by atoms with van der Waals surface area (Å²) in [6.07, 6.45) is 8.42. The maximum absolute atomic E-state index is 12.5. The van der Waals surface area contributed by atoms with Gasteiger partial charge in [0.05, 0.1) is 12.2 Å². The molecule has 0 aromatic carbocycles. The molecule has 2 aliphatic rings. The van der Waals surface area contributed by atoms with Gasteiger partial charge in [-0.3, -0.25) is 14.5 Å². The molecular formula is C20H26N4O2. The van der Waals surface area contributed by atoms with E-state index in [9.17, 15) is 9.59 Å². The van der Waals surface area contributed by atoms with Gasteiger partial charge >= 0.3 is 0 Å². The normalized spacial score (nSPS) is 20.3. The van der Waals surface area contributed by atoms with Crippen molar-refractivity contribution < 1.29 is 0 Å². The van der Waals surface area contributed by atoms with Crippen LogP contribution in [0.25, 0.3) is 0 Å². The highest BCUT2D eigenvalue weighted by Gasteiger charge is 2.26. The number of fused-ring (bicyclic) bond motifs is 1. The zero-order valence-corrected chi connectivity index (χ0v) is 15.4. The molecule has 0 amide bonds. The summed E-state index contributed by atoms with van der Waals surface area (Å²) in [5, 5.41) is 4.68. The molecule has 2 aromatic rings. The second kappa shape index (κ2) is 7.19. The topological polar surface area (TPSA) is 60.1 Å².